The molecule has 0 amide bonds. The lowest BCUT2D eigenvalue weighted by molar-refractivity contribution is 0.281. The normalized spacial score (nSPS) is 22.6. The summed E-state index contributed by atoms with van der Waals surface area (Å²) in [6.45, 7) is 0. The van der Waals surface area contributed by atoms with Gasteiger partial charge in [-0.25, -0.2) is 19.9 Å². The topological polar surface area (TPSA) is 68.5 Å². The molecule has 26 heavy (non-hydrogen) atoms. The summed E-state index contributed by atoms with van der Waals surface area (Å²) in [7, 11) is 0. The number of anilines is 1. The van der Waals surface area contributed by atoms with Crippen LogP contribution in [0.4, 0.5) is 5.13 Å². The lowest BCUT2D eigenvalue weighted by atomic mass is 9.86. The Labute approximate surface area is 154 Å². The molecule has 4 aromatic heterocycles. The van der Waals surface area contributed by atoms with Crippen LogP contribution in [0.5, 0.6) is 0 Å². The van der Waals surface area contributed by atoms with Crippen molar-refractivity contribution in [3.8, 4) is 0 Å². The van der Waals surface area contributed by atoms with Crippen molar-refractivity contribution in [3.63, 3.8) is 0 Å². The second-order valence-corrected chi connectivity index (χ2v) is 8.30. The standard InChI is InChI=1S/C19H18N6S/c1-3-14-18(21-8-1)25(17(23-14)11-5-6-11)13-9-12(10-13)22-19-24-16-15(26-19)4-2-7-20-16/h1-4,7-8,11-13H,5-6,9-10H2,(H,20,22,24)/t12-,13-. The molecule has 2 aliphatic carbocycles. The highest BCUT2D eigenvalue weighted by atomic mass is 32.1. The number of thiazole rings is 1. The van der Waals surface area contributed by atoms with Crippen molar-refractivity contribution in [2.45, 2.75) is 43.7 Å². The number of nitrogens with one attached hydrogen (secondary N) is 1. The van der Waals surface area contributed by atoms with E-state index in [1.165, 1.54) is 18.7 Å². The molecule has 0 bridgehead atoms. The highest BCUT2D eigenvalue weighted by Crippen LogP contribution is 2.45. The molecule has 2 aliphatic rings. The van der Waals surface area contributed by atoms with E-state index < -0.39 is 0 Å². The van der Waals surface area contributed by atoms with Crippen molar-refractivity contribution in [3.05, 3.63) is 42.5 Å². The number of hydrogen-bond acceptors (Lipinski definition) is 6. The van der Waals surface area contributed by atoms with Gasteiger partial charge >= 0.3 is 0 Å². The van der Waals surface area contributed by atoms with Gasteiger partial charge in [0.25, 0.3) is 0 Å². The molecular formula is C19H18N6S. The maximum absolute atomic E-state index is 4.88. The lowest BCUT2D eigenvalue weighted by Gasteiger charge is -2.37. The maximum Gasteiger partial charge on any atom is 0.185 e. The lowest BCUT2D eigenvalue weighted by Crippen LogP contribution is -2.37. The number of rotatable bonds is 4. The van der Waals surface area contributed by atoms with Gasteiger partial charge in [0.15, 0.2) is 16.4 Å². The maximum atomic E-state index is 4.88. The van der Waals surface area contributed by atoms with Crippen LogP contribution < -0.4 is 5.32 Å². The van der Waals surface area contributed by atoms with Gasteiger partial charge in [-0.05, 0) is 49.9 Å². The summed E-state index contributed by atoms with van der Waals surface area (Å²) in [5.41, 5.74) is 2.90. The van der Waals surface area contributed by atoms with E-state index in [2.05, 4.69) is 37.0 Å². The van der Waals surface area contributed by atoms with E-state index in [0.717, 1.165) is 39.5 Å². The zero-order chi connectivity index (χ0) is 17.1. The van der Waals surface area contributed by atoms with Gasteiger partial charge in [-0.1, -0.05) is 11.3 Å². The molecule has 0 radical (unpaired) electrons. The van der Waals surface area contributed by atoms with Crippen LogP contribution in [0.1, 0.15) is 43.5 Å². The van der Waals surface area contributed by atoms with Crippen molar-refractivity contribution < 1.29 is 0 Å². The second-order valence-electron chi connectivity index (χ2n) is 7.27. The molecule has 6 rings (SSSR count). The number of aromatic nitrogens is 5. The summed E-state index contributed by atoms with van der Waals surface area (Å²) < 4.78 is 3.54. The number of imidazole rings is 1. The number of nitrogens with zero attached hydrogens (tertiary/aromatic N) is 5. The first-order valence-electron chi connectivity index (χ1n) is 9.16. The predicted octanol–water partition coefficient (Wildman–Crippen LogP) is 4.13. The van der Waals surface area contributed by atoms with Gasteiger partial charge in [0.1, 0.15) is 11.3 Å². The first-order valence-corrected chi connectivity index (χ1v) is 9.98. The Morgan fingerprint density at radius 3 is 2.73 bits per heavy atom. The van der Waals surface area contributed by atoms with E-state index in [4.69, 9.17) is 4.98 Å². The molecule has 0 aliphatic heterocycles. The number of pyridine rings is 2. The fourth-order valence-corrected chi connectivity index (χ4v) is 4.76. The summed E-state index contributed by atoms with van der Waals surface area (Å²) in [4.78, 5) is 18.4. The van der Waals surface area contributed by atoms with Crippen molar-refractivity contribution >= 4 is 38.0 Å². The fourth-order valence-electron chi connectivity index (χ4n) is 3.86. The van der Waals surface area contributed by atoms with Gasteiger partial charge < -0.3 is 9.88 Å². The zero-order valence-electron chi connectivity index (χ0n) is 14.2. The molecule has 0 aromatic carbocycles. The molecule has 0 unspecified atom stereocenters. The van der Waals surface area contributed by atoms with Gasteiger partial charge in [0, 0.05) is 30.4 Å². The van der Waals surface area contributed by atoms with Gasteiger partial charge in [-0.2, -0.15) is 0 Å². The van der Waals surface area contributed by atoms with Gasteiger partial charge in [-0.15, -0.1) is 0 Å². The van der Waals surface area contributed by atoms with E-state index in [9.17, 15) is 0 Å². The van der Waals surface area contributed by atoms with E-state index in [1.54, 1.807) is 17.5 Å². The van der Waals surface area contributed by atoms with E-state index in [-0.39, 0.29) is 0 Å². The van der Waals surface area contributed by atoms with Crippen LogP contribution in [0, 0.1) is 0 Å². The molecule has 4 aromatic rings. The number of fused-ring (bicyclic) bond motifs is 2. The SMILES string of the molecule is c1cnc2c(c1)nc(C1CC1)n2[C@H]1C[C@H](Nc2nc3ncccc3s2)C1. The minimum absolute atomic E-state index is 0.453. The first-order chi connectivity index (χ1) is 12.8. The van der Waals surface area contributed by atoms with Crippen LogP contribution in [0.3, 0.4) is 0 Å². The molecule has 0 spiro atoms. The monoisotopic (exact) mass is 362 g/mol. The predicted molar refractivity (Wildman–Crippen MR) is 103 cm³/mol. The average Bonchev–Trinajstić information content (AvgIpc) is 3.28. The van der Waals surface area contributed by atoms with Gasteiger partial charge in [0.2, 0.25) is 0 Å². The van der Waals surface area contributed by atoms with Crippen LogP contribution in [-0.2, 0) is 0 Å². The van der Waals surface area contributed by atoms with Crippen molar-refractivity contribution in [1.82, 2.24) is 24.5 Å². The highest BCUT2D eigenvalue weighted by Gasteiger charge is 2.37. The second kappa shape index (κ2) is 5.48. The molecule has 2 fully saturated rings. The Hall–Kier alpha value is -2.54. The molecule has 4 heterocycles. The fraction of sp³-hybridized carbons (Fsp3) is 0.368. The Bertz CT molecular complexity index is 1070. The van der Waals surface area contributed by atoms with Crippen LogP contribution in [0.2, 0.25) is 0 Å². The molecular weight excluding hydrogens is 344 g/mol. The largest absolute Gasteiger partial charge is 0.359 e. The highest BCUT2D eigenvalue weighted by molar-refractivity contribution is 7.22. The summed E-state index contributed by atoms with van der Waals surface area (Å²) in [6, 6.07) is 9.01. The molecule has 0 saturated heterocycles. The zero-order valence-corrected chi connectivity index (χ0v) is 15.0. The average molecular weight is 362 g/mol. The minimum Gasteiger partial charge on any atom is -0.359 e. The Balaban J connectivity index is 1.24. The molecule has 2 saturated carbocycles. The van der Waals surface area contributed by atoms with E-state index in [1.807, 2.05) is 18.3 Å². The third-order valence-electron chi connectivity index (χ3n) is 5.39. The van der Waals surface area contributed by atoms with Crippen molar-refractivity contribution in [2.75, 3.05) is 5.32 Å². The first kappa shape index (κ1) is 14.6. The summed E-state index contributed by atoms with van der Waals surface area (Å²) in [5.74, 6) is 1.87. The van der Waals surface area contributed by atoms with Crippen LogP contribution in [0.25, 0.3) is 21.5 Å². The van der Waals surface area contributed by atoms with Crippen LogP contribution in [-0.4, -0.2) is 30.5 Å². The van der Waals surface area contributed by atoms with Crippen molar-refractivity contribution in [2.24, 2.45) is 0 Å². The molecule has 1 N–H and O–H groups in total. The van der Waals surface area contributed by atoms with Crippen LogP contribution in [0.15, 0.2) is 36.7 Å². The Morgan fingerprint density at radius 1 is 1.04 bits per heavy atom. The summed E-state index contributed by atoms with van der Waals surface area (Å²) in [5, 5.41) is 4.56. The third-order valence-corrected chi connectivity index (χ3v) is 6.33. The third kappa shape index (κ3) is 2.30. The molecule has 6 nitrogen and oxygen atoms in total. The van der Waals surface area contributed by atoms with E-state index >= 15 is 0 Å². The number of hydrogen-bond donors (Lipinski definition) is 1. The minimum atomic E-state index is 0.453. The van der Waals surface area contributed by atoms with Gasteiger partial charge in [-0.3, -0.25) is 0 Å². The van der Waals surface area contributed by atoms with Crippen LogP contribution >= 0.6 is 11.3 Å². The van der Waals surface area contributed by atoms with Gasteiger partial charge in [0.05, 0.1) is 4.70 Å². The van der Waals surface area contributed by atoms with Crippen molar-refractivity contribution in [1.29, 1.82) is 0 Å². The Kier molecular flexibility index (Phi) is 3.08. The summed E-state index contributed by atoms with van der Waals surface area (Å²) in [6.07, 6.45) is 8.37. The Morgan fingerprint density at radius 2 is 1.88 bits per heavy atom. The molecule has 130 valence electrons. The molecule has 0 atom stereocenters. The molecule has 7 heteroatoms. The van der Waals surface area contributed by atoms with E-state index in [0.29, 0.717) is 18.0 Å². The quantitative estimate of drug-likeness (QED) is 0.591. The summed E-state index contributed by atoms with van der Waals surface area (Å²) >= 11 is 1.68. The smallest absolute Gasteiger partial charge is 0.185 e.